The van der Waals surface area contributed by atoms with E-state index in [9.17, 15) is 8.78 Å². The molecule has 0 saturated carbocycles. The molecular formula is C12H19F2N. The predicted molar refractivity (Wildman–Crippen MR) is 56.9 cm³/mol. The molecule has 0 aromatic carbocycles. The molecule has 0 unspecified atom stereocenters. The summed E-state index contributed by atoms with van der Waals surface area (Å²) < 4.78 is 41.6. The summed E-state index contributed by atoms with van der Waals surface area (Å²) in [4.78, 5) is 1.68. The topological polar surface area (TPSA) is 3.24 Å². The van der Waals surface area contributed by atoms with Crippen molar-refractivity contribution < 1.29 is 11.5 Å². The Labute approximate surface area is 93.0 Å². The minimum atomic E-state index is -1.95. The molecule has 0 aromatic rings. The van der Waals surface area contributed by atoms with E-state index in [1.54, 1.807) is 4.90 Å². The van der Waals surface area contributed by atoms with Crippen LogP contribution in [0, 0.1) is 5.92 Å². The van der Waals surface area contributed by atoms with E-state index in [-0.39, 0.29) is 17.5 Å². The van der Waals surface area contributed by atoms with Crippen LogP contribution in [0.2, 0.25) is 0 Å². The Morgan fingerprint density at radius 3 is 2.93 bits per heavy atom. The first-order valence-corrected chi connectivity index (χ1v) is 5.62. The molecule has 0 aromatic heterocycles. The summed E-state index contributed by atoms with van der Waals surface area (Å²) in [5.41, 5.74) is -0.658. The molecule has 0 radical (unpaired) electrons. The lowest BCUT2D eigenvalue weighted by Crippen LogP contribution is -2.39. The van der Waals surface area contributed by atoms with Gasteiger partial charge in [0, 0.05) is 20.4 Å². The third kappa shape index (κ3) is 1.94. The maximum Gasteiger partial charge on any atom is 0.270 e. The highest BCUT2D eigenvalue weighted by Crippen LogP contribution is 2.46. The average molecular weight is 217 g/mol. The van der Waals surface area contributed by atoms with Gasteiger partial charge in [-0.3, -0.25) is 4.90 Å². The summed E-state index contributed by atoms with van der Waals surface area (Å²) in [6.45, 7) is 2.77. The largest absolute Gasteiger partial charge is 0.293 e. The van der Waals surface area contributed by atoms with E-state index in [1.807, 2.05) is 0 Å². The Bertz CT molecular complexity index is 350. The standard InChI is InChI=1S/C12H19F2N/c1-9(2)6-12-4-3-5-15(12)8-10(7-12)11(13)14/h9H,3-8H2,1-2H3/t12-/m1/s1/i8D2. The lowest BCUT2D eigenvalue weighted by Gasteiger charge is -2.33. The van der Waals surface area contributed by atoms with Crippen molar-refractivity contribution in [3.05, 3.63) is 11.7 Å². The van der Waals surface area contributed by atoms with Crippen molar-refractivity contribution in [2.75, 3.05) is 13.0 Å². The SMILES string of the molecule is [2H]C1([2H])C(=C(F)F)C[C@]2(CC(C)C)CCCN12. The van der Waals surface area contributed by atoms with Crippen molar-refractivity contribution in [1.29, 1.82) is 0 Å². The van der Waals surface area contributed by atoms with Crippen LogP contribution in [0.25, 0.3) is 0 Å². The van der Waals surface area contributed by atoms with Gasteiger partial charge in [-0.15, -0.1) is 0 Å². The Balaban J connectivity index is 2.38. The highest BCUT2D eigenvalue weighted by atomic mass is 19.3. The Kier molecular flexibility index (Phi) is 2.23. The monoisotopic (exact) mass is 217 g/mol. The second-order valence-electron chi connectivity index (χ2n) is 5.11. The Morgan fingerprint density at radius 2 is 2.33 bits per heavy atom. The van der Waals surface area contributed by atoms with Gasteiger partial charge in [-0.2, -0.15) is 8.78 Å². The van der Waals surface area contributed by atoms with E-state index in [0.717, 1.165) is 19.3 Å². The molecule has 0 aliphatic carbocycles. The number of nitrogens with zero attached hydrogens (tertiary/aromatic N) is 1. The quantitative estimate of drug-likeness (QED) is 0.685. The van der Waals surface area contributed by atoms with Gasteiger partial charge in [0.15, 0.2) is 0 Å². The first kappa shape index (κ1) is 8.68. The second kappa shape index (κ2) is 3.85. The molecule has 2 fully saturated rings. The first-order valence-electron chi connectivity index (χ1n) is 6.62. The molecule has 2 heterocycles. The molecule has 2 saturated heterocycles. The number of hydrogen-bond donors (Lipinski definition) is 0. The number of rotatable bonds is 2. The maximum absolute atomic E-state index is 12.9. The van der Waals surface area contributed by atoms with Crippen LogP contribution < -0.4 is 0 Å². The van der Waals surface area contributed by atoms with Crippen molar-refractivity contribution in [3.8, 4) is 0 Å². The van der Waals surface area contributed by atoms with Crippen LogP contribution in [-0.4, -0.2) is 23.5 Å². The average Bonchev–Trinajstić information content (AvgIpc) is 2.64. The molecule has 86 valence electrons. The Morgan fingerprint density at radius 1 is 1.60 bits per heavy atom. The molecule has 0 N–H and O–H groups in total. The van der Waals surface area contributed by atoms with Gasteiger partial charge >= 0.3 is 0 Å². The predicted octanol–water partition coefficient (Wildman–Crippen LogP) is 3.42. The lowest BCUT2D eigenvalue weighted by molar-refractivity contribution is 0.163. The molecule has 0 spiro atoms. The van der Waals surface area contributed by atoms with E-state index < -0.39 is 12.6 Å². The maximum atomic E-state index is 12.9. The highest BCUT2D eigenvalue weighted by molar-refractivity contribution is 5.21. The normalized spacial score (nSPS) is 36.7. The summed E-state index contributed by atoms with van der Waals surface area (Å²) in [5, 5.41) is 0. The van der Waals surface area contributed by atoms with Gasteiger partial charge in [0.2, 0.25) is 0 Å². The zero-order chi connectivity index (χ0) is 12.8. The van der Waals surface area contributed by atoms with E-state index >= 15 is 0 Å². The van der Waals surface area contributed by atoms with Gasteiger partial charge in [0.05, 0.1) is 0 Å². The van der Waals surface area contributed by atoms with Crippen LogP contribution in [-0.2, 0) is 0 Å². The van der Waals surface area contributed by atoms with Crippen LogP contribution in [0.4, 0.5) is 8.78 Å². The number of halogens is 2. The zero-order valence-electron chi connectivity index (χ0n) is 11.3. The molecule has 0 bridgehead atoms. The first-order chi connectivity index (χ1) is 7.79. The van der Waals surface area contributed by atoms with Gasteiger partial charge in [-0.1, -0.05) is 13.8 Å². The van der Waals surface area contributed by atoms with Crippen LogP contribution in [0.5, 0.6) is 0 Å². The summed E-state index contributed by atoms with van der Waals surface area (Å²) in [6, 6.07) is 0. The van der Waals surface area contributed by atoms with Crippen molar-refractivity contribution in [1.82, 2.24) is 4.90 Å². The van der Waals surface area contributed by atoms with Crippen molar-refractivity contribution >= 4 is 0 Å². The van der Waals surface area contributed by atoms with Gasteiger partial charge in [-0.05, 0) is 38.1 Å². The molecular weight excluding hydrogens is 196 g/mol. The molecule has 3 heteroatoms. The fourth-order valence-electron chi connectivity index (χ4n) is 2.98. The van der Waals surface area contributed by atoms with Crippen molar-refractivity contribution in [2.45, 2.75) is 45.1 Å². The zero-order valence-corrected chi connectivity index (χ0v) is 9.32. The van der Waals surface area contributed by atoms with Crippen LogP contribution in [0.1, 0.15) is 42.3 Å². The number of hydrogen-bond acceptors (Lipinski definition) is 1. The molecule has 0 amide bonds. The van der Waals surface area contributed by atoms with E-state index in [1.165, 1.54) is 0 Å². The smallest absolute Gasteiger partial charge is 0.270 e. The minimum absolute atomic E-state index is 0.195. The summed E-state index contributed by atoms with van der Waals surface area (Å²) in [6.07, 6.45) is 0.908. The summed E-state index contributed by atoms with van der Waals surface area (Å²) in [7, 11) is 0. The third-order valence-electron chi connectivity index (χ3n) is 3.39. The van der Waals surface area contributed by atoms with Gasteiger partial charge < -0.3 is 0 Å². The van der Waals surface area contributed by atoms with Gasteiger partial charge in [0.25, 0.3) is 6.08 Å². The summed E-state index contributed by atoms with van der Waals surface area (Å²) in [5.74, 6) is 0.397. The molecule has 15 heavy (non-hydrogen) atoms. The van der Waals surface area contributed by atoms with Gasteiger partial charge in [-0.25, -0.2) is 0 Å². The van der Waals surface area contributed by atoms with Crippen LogP contribution in [0.15, 0.2) is 11.7 Å². The molecule has 2 aliphatic heterocycles. The summed E-state index contributed by atoms with van der Waals surface area (Å²) >= 11 is 0. The van der Waals surface area contributed by atoms with Crippen molar-refractivity contribution in [3.63, 3.8) is 0 Å². The Hall–Kier alpha value is -0.440. The number of fused-ring (bicyclic) bond motifs is 1. The van der Waals surface area contributed by atoms with E-state index in [4.69, 9.17) is 2.74 Å². The van der Waals surface area contributed by atoms with Crippen LogP contribution in [0.3, 0.4) is 0 Å². The molecule has 1 atom stereocenters. The highest BCUT2D eigenvalue weighted by Gasteiger charge is 2.47. The molecule has 2 rings (SSSR count). The molecule has 2 aliphatic rings. The lowest BCUT2D eigenvalue weighted by atomic mass is 9.84. The fraction of sp³-hybridized carbons (Fsp3) is 0.833. The second-order valence-corrected chi connectivity index (χ2v) is 5.11. The fourth-order valence-corrected chi connectivity index (χ4v) is 2.98. The molecule has 1 nitrogen and oxygen atoms in total. The third-order valence-corrected chi connectivity index (χ3v) is 3.39. The van der Waals surface area contributed by atoms with E-state index in [2.05, 4.69) is 13.8 Å². The van der Waals surface area contributed by atoms with E-state index in [0.29, 0.717) is 12.5 Å². The van der Waals surface area contributed by atoms with Gasteiger partial charge in [0.1, 0.15) is 0 Å². The minimum Gasteiger partial charge on any atom is -0.293 e. The van der Waals surface area contributed by atoms with Crippen LogP contribution >= 0.6 is 0 Å². The van der Waals surface area contributed by atoms with Crippen molar-refractivity contribution in [2.24, 2.45) is 5.92 Å².